The molecule has 14 heavy (non-hydrogen) atoms. The van der Waals surface area contributed by atoms with Crippen LogP contribution < -0.4 is 5.32 Å². The normalized spacial score (nSPS) is 21.4. The van der Waals surface area contributed by atoms with Crippen LogP contribution in [0.4, 0.5) is 0 Å². The van der Waals surface area contributed by atoms with Crippen LogP contribution in [0, 0.1) is 6.92 Å². The van der Waals surface area contributed by atoms with Gasteiger partial charge < -0.3 is 10.4 Å². The Bertz CT molecular complexity index is 345. The highest BCUT2D eigenvalue weighted by Crippen LogP contribution is 2.35. The van der Waals surface area contributed by atoms with E-state index in [4.69, 9.17) is 11.6 Å². The molecule has 1 unspecified atom stereocenters. The van der Waals surface area contributed by atoms with E-state index in [0.717, 1.165) is 35.5 Å². The molecule has 76 valence electrons. The van der Waals surface area contributed by atoms with Gasteiger partial charge in [0.15, 0.2) is 0 Å². The highest BCUT2D eigenvalue weighted by atomic mass is 35.5. The van der Waals surface area contributed by atoms with Crippen LogP contribution >= 0.6 is 11.6 Å². The van der Waals surface area contributed by atoms with Crippen molar-refractivity contribution in [2.75, 3.05) is 6.54 Å². The molecule has 1 aliphatic heterocycles. The summed E-state index contributed by atoms with van der Waals surface area (Å²) in [5.74, 6) is 0.353. The van der Waals surface area contributed by atoms with Gasteiger partial charge in [0.05, 0.1) is 0 Å². The molecule has 0 aromatic heterocycles. The van der Waals surface area contributed by atoms with E-state index in [2.05, 4.69) is 5.32 Å². The van der Waals surface area contributed by atoms with Crippen molar-refractivity contribution in [2.24, 2.45) is 0 Å². The van der Waals surface area contributed by atoms with Crippen molar-refractivity contribution in [2.45, 2.75) is 25.8 Å². The van der Waals surface area contributed by atoms with Gasteiger partial charge in [-0.3, -0.25) is 0 Å². The number of aromatic hydroxyl groups is 1. The lowest BCUT2D eigenvalue weighted by Gasteiger charge is -2.16. The second-order valence-corrected chi connectivity index (χ2v) is 4.16. The molecular formula is C11H14ClNO. The minimum Gasteiger partial charge on any atom is -0.508 e. The molecule has 1 saturated heterocycles. The van der Waals surface area contributed by atoms with Gasteiger partial charge in [0.1, 0.15) is 5.75 Å². The van der Waals surface area contributed by atoms with Crippen LogP contribution in [0.25, 0.3) is 0 Å². The van der Waals surface area contributed by atoms with Gasteiger partial charge in [-0.1, -0.05) is 11.6 Å². The maximum atomic E-state index is 9.78. The van der Waals surface area contributed by atoms with Crippen LogP contribution in [0.1, 0.15) is 30.0 Å². The Labute approximate surface area is 88.9 Å². The van der Waals surface area contributed by atoms with Gasteiger partial charge in [-0.15, -0.1) is 0 Å². The average molecular weight is 212 g/mol. The smallest absolute Gasteiger partial charge is 0.120 e. The van der Waals surface area contributed by atoms with E-state index in [1.54, 1.807) is 12.1 Å². The van der Waals surface area contributed by atoms with Crippen LogP contribution in [-0.2, 0) is 0 Å². The van der Waals surface area contributed by atoms with Crippen LogP contribution in [0.5, 0.6) is 5.75 Å². The Morgan fingerprint density at radius 2 is 2.29 bits per heavy atom. The molecule has 2 rings (SSSR count). The first-order valence-electron chi connectivity index (χ1n) is 4.91. The van der Waals surface area contributed by atoms with Gasteiger partial charge in [0.25, 0.3) is 0 Å². The number of rotatable bonds is 1. The van der Waals surface area contributed by atoms with Gasteiger partial charge in [-0.2, -0.15) is 0 Å². The van der Waals surface area contributed by atoms with Crippen molar-refractivity contribution in [1.82, 2.24) is 5.32 Å². The fourth-order valence-electron chi connectivity index (χ4n) is 2.06. The molecule has 3 heteroatoms. The van der Waals surface area contributed by atoms with Crippen molar-refractivity contribution in [3.8, 4) is 5.75 Å². The number of phenols is 1. The molecule has 1 aromatic rings. The molecule has 2 nitrogen and oxygen atoms in total. The molecule has 1 aliphatic rings. The van der Waals surface area contributed by atoms with E-state index in [1.165, 1.54) is 0 Å². The second kappa shape index (κ2) is 3.79. The van der Waals surface area contributed by atoms with Gasteiger partial charge in [0.2, 0.25) is 0 Å². The zero-order chi connectivity index (χ0) is 10.1. The minimum atomic E-state index is 0.272. The first-order chi connectivity index (χ1) is 6.70. The molecule has 1 fully saturated rings. The second-order valence-electron chi connectivity index (χ2n) is 3.75. The largest absolute Gasteiger partial charge is 0.508 e. The predicted molar refractivity (Wildman–Crippen MR) is 57.8 cm³/mol. The van der Waals surface area contributed by atoms with Crippen molar-refractivity contribution in [3.63, 3.8) is 0 Å². The lowest BCUT2D eigenvalue weighted by atomic mass is 9.99. The molecule has 1 heterocycles. The van der Waals surface area contributed by atoms with Gasteiger partial charge in [-0.05, 0) is 44.0 Å². The molecule has 2 N–H and O–H groups in total. The lowest BCUT2D eigenvalue weighted by Crippen LogP contribution is -2.14. The Balaban J connectivity index is 2.44. The third-order valence-corrected chi connectivity index (χ3v) is 3.24. The monoisotopic (exact) mass is 211 g/mol. The van der Waals surface area contributed by atoms with E-state index in [-0.39, 0.29) is 6.04 Å². The summed E-state index contributed by atoms with van der Waals surface area (Å²) in [5, 5.41) is 13.9. The van der Waals surface area contributed by atoms with Crippen molar-refractivity contribution < 1.29 is 5.11 Å². The number of halogens is 1. The maximum absolute atomic E-state index is 9.78. The van der Waals surface area contributed by atoms with E-state index in [1.807, 2.05) is 6.92 Å². The zero-order valence-corrected chi connectivity index (χ0v) is 8.93. The van der Waals surface area contributed by atoms with Crippen molar-refractivity contribution in [3.05, 3.63) is 28.3 Å². The molecule has 0 aliphatic carbocycles. The van der Waals surface area contributed by atoms with Crippen molar-refractivity contribution in [1.29, 1.82) is 0 Å². The molecule has 0 radical (unpaired) electrons. The fraction of sp³-hybridized carbons (Fsp3) is 0.455. The molecule has 0 amide bonds. The zero-order valence-electron chi connectivity index (χ0n) is 8.18. The summed E-state index contributed by atoms with van der Waals surface area (Å²) in [4.78, 5) is 0. The molecular weight excluding hydrogens is 198 g/mol. The molecule has 0 spiro atoms. The summed E-state index contributed by atoms with van der Waals surface area (Å²) in [6.45, 7) is 2.98. The first-order valence-corrected chi connectivity index (χ1v) is 5.29. The van der Waals surface area contributed by atoms with Crippen LogP contribution in [0.3, 0.4) is 0 Å². The van der Waals surface area contributed by atoms with Gasteiger partial charge >= 0.3 is 0 Å². The highest BCUT2D eigenvalue weighted by molar-refractivity contribution is 6.31. The van der Waals surface area contributed by atoms with Gasteiger partial charge in [0, 0.05) is 16.6 Å². The SMILES string of the molecule is Cc1c(Cl)ccc(O)c1C1CCCN1. The summed E-state index contributed by atoms with van der Waals surface area (Å²) in [6, 6.07) is 3.68. The summed E-state index contributed by atoms with van der Waals surface area (Å²) in [6.07, 6.45) is 2.24. The van der Waals surface area contributed by atoms with E-state index in [9.17, 15) is 5.11 Å². The molecule has 1 aromatic carbocycles. The van der Waals surface area contributed by atoms with Crippen LogP contribution in [-0.4, -0.2) is 11.7 Å². The number of phenolic OH excluding ortho intramolecular Hbond substituents is 1. The van der Waals surface area contributed by atoms with Gasteiger partial charge in [-0.25, -0.2) is 0 Å². The quantitative estimate of drug-likeness (QED) is 0.749. The van der Waals surface area contributed by atoms with Crippen LogP contribution in [0.2, 0.25) is 5.02 Å². The van der Waals surface area contributed by atoms with Crippen molar-refractivity contribution >= 4 is 11.6 Å². The van der Waals surface area contributed by atoms with E-state index in [0.29, 0.717) is 5.75 Å². The summed E-state index contributed by atoms with van der Waals surface area (Å²) in [7, 11) is 0. The standard InChI is InChI=1S/C11H14ClNO/c1-7-8(12)4-5-10(14)11(7)9-3-2-6-13-9/h4-5,9,13-14H,2-3,6H2,1H3. The number of nitrogens with one attached hydrogen (secondary N) is 1. The Hall–Kier alpha value is -0.730. The highest BCUT2D eigenvalue weighted by Gasteiger charge is 2.21. The third kappa shape index (κ3) is 1.60. The Morgan fingerprint density at radius 3 is 2.93 bits per heavy atom. The maximum Gasteiger partial charge on any atom is 0.120 e. The van der Waals surface area contributed by atoms with Crippen LogP contribution in [0.15, 0.2) is 12.1 Å². The fourth-order valence-corrected chi connectivity index (χ4v) is 2.22. The third-order valence-electron chi connectivity index (χ3n) is 2.83. The summed E-state index contributed by atoms with van der Waals surface area (Å²) < 4.78 is 0. The first kappa shape index (κ1) is 9.81. The minimum absolute atomic E-state index is 0.272. The Morgan fingerprint density at radius 1 is 1.50 bits per heavy atom. The number of hydrogen-bond donors (Lipinski definition) is 2. The molecule has 1 atom stereocenters. The van der Waals surface area contributed by atoms with E-state index < -0.39 is 0 Å². The summed E-state index contributed by atoms with van der Waals surface area (Å²) in [5.41, 5.74) is 1.96. The topological polar surface area (TPSA) is 32.3 Å². The molecule has 0 saturated carbocycles. The lowest BCUT2D eigenvalue weighted by molar-refractivity contribution is 0.456. The average Bonchev–Trinajstić information content (AvgIpc) is 2.65. The summed E-state index contributed by atoms with van der Waals surface area (Å²) >= 11 is 6.03. The Kier molecular flexibility index (Phi) is 2.66. The number of hydrogen-bond acceptors (Lipinski definition) is 2. The molecule has 0 bridgehead atoms. The van der Waals surface area contributed by atoms with E-state index >= 15 is 0 Å². The predicted octanol–water partition coefficient (Wildman–Crippen LogP) is 2.78. The number of benzene rings is 1.